The highest BCUT2D eigenvalue weighted by Gasteiger charge is 2.27. The van der Waals surface area contributed by atoms with Crippen LogP contribution in [0.4, 0.5) is 5.82 Å². The zero-order chi connectivity index (χ0) is 16.4. The second kappa shape index (κ2) is 6.45. The van der Waals surface area contributed by atoms with Crippen LogP contribution in [0.3, 0.4) is 0 Å². The maximum Gasteiger partial charge on any atom is 0.276 e. The first-order valence-corrected chi connectivity index (χ1v) is 8.63. The molecule has 0 spiro atoms. The first-order chi connectivity index (χ1) is 11.8. The van der Waals surface area contributed by atoms with Crippen LogP contribution in [0.25, 0.3) is 10.6 Å². The van der Waals surface area contributed by atoms with Gasteiger partial charge in [0.2, 0.25) is 0 Å². The molecule has 6 nitrogen and oxygen atoms in total. The number of aromatic nitrogens is 2. The summed E-state index contributed by atoms with van der Waals surface area (Å²) in [7, 11) is 0. The lowest BCUT2D eigenvalue weighted by molar-refractivity contribution is 0.0741. The Hall–Kier alpha value is -2.67. The van der Waals surface area contributed by atoms with E-state index in [4.69, 9.17) is 4.42 Å². The summed E-state index contributed by atoms with van der Waals surface area (Å²) in [6, 6.07) is 9.73. The van der Waals surface area contributed by atoms with Crippen LogP contribution in [0.5, 0.6) is 0 Å². The maximum atomic E-state index is 12.8. The predicted octanol–water partition coefficient (Wildman–Crippen LogP) is 2.76. The van der Waals surface area contributed by atoms with Gasteiger partial charge < -0.3 is 14.2 Å². The van der Waals surface area contributed by atoms with Gasteiger partial charge in [0.05, 0.1) is 4.88 Å². The number of nitrogens with zero attached hydrogens (tertiary/aromatic N) is 4. The summed E-state index contributed by atoms with van der Waals surface area (Å²) in [4.78, 5) is 26.2. The van der Waals surface area contributed by atoms with Gasteiger partial charge in [-0.25, -0.2) is 9.97 Å². The molecule has 1 amide bonds. The molecule has 0 N–H and O–H groups in total. The molecule has 0 aromatic carbocycles. The van der Waals surface area contributed by atoms with Crippen molar-refractivity contribution in [3.8, 4) is 10.6 Å². The normalized spacial score (nSPS) is 14.8. The number of hydrogen-bond acceptors (Lipinski definition) is 6. The Morgan fingerprint density at radius 3 is 2.67 bits per heavy atom. The zero-order valence-corrected chi connectivity index (χ0v) is 13.8. The van der Waals surface area contributed by atoms with E-state index >= 15 is 0 Å². The fraction of sp³-hybridized carbons (Fsp3) is 0.235. The number of carbonyl (C=O) groups excluding carboxylic acids is 1. The molecule has 3 aromatic rings. The van der Waals surface area contributed by atoms with Gasteiger partial charge in [0, 0.05) is 32.4 Å². The van der Waals surface area contributed by atoms with Crippen LogP contribution < -0.4 is 4.90 Å². The highest BCUT2D eigenvalue weighted by atomic mass is 32.1. The third-order valence-corrected chi connectivity index (χ3v) is 4.92. The smallest absolute Gasteiger partial charge is 0.276 e. The van der Waals surface area contributed by atoms with Crippen molar-refractivity contribution in [2.24, 2.45) is 0 Å². The third-order valence-electron chi connectivity index (χ3n) is 4.06. The molecule has 0 radical (unpaired) electrons. The molecule has 0 bridgehead atoms. The average molecular weight is 340 g/mol. The number of oxazole rings is 1. The molecule has 7 heteroatoms. The quantitative estimate of drug-likeness (QED) is 0.734. The van der Waals surface area contributed by atoms with Gasteiger partial charge in [0.15, 0.2) is 17.8 Å². The van der Waals surface area contributed by atoms with E-state index in [2.05, 4.69) is 14.9 Å². The molecule has 1 aliphatic rings. The molecule has 0 unspecified atom stereocenters. The number of piperazine rings is 1. The zero-order valence-electron chi connectivity index (χ0n) is 13.0. The van der Waals surface area contributed by atoms with E-state index in [9.17, 15) is 4.79 Å². The third kappa shape index (κ3) is 2.78. The van der Waals surface area contributed by atoms with Gasteiger partial charge in [-0.05, 0) is 23.6 Å². The molecule has 1 fully saturated rings. The van der Waals surface area contributed by atoms with Crippen LogP contribution in [0, 0.1) is 0 Å². The monoisotopic (exact) mass is 340 g/mol. The molecule has 4 heterocycles. The Balaban J connectivity index is 1.47. The summed E-state index contributed by atoms with van der Waals surface area (Å²) in [5.74, 6) is 1.43. The lowest BCUT2D eigenvalue weighted by Gasteiger charge is -2.35. The van der Waals surface area contributed by atoms with Crippen molar-refractivity contribution in [3.05, 3.63) is 54.0 Å². The topological polar surface area (TPSA) is 62.5 Å². The van der Waals surface area contributed by atoms with Gasteiger partial charge in [-0.3, -0.25) is 4.79 Å². The fourth-order valence-corrected chi connectivity index (χ4v) is 3.52. The molecule has 0 aliphatic carbocycles. The van der Waals surface area contributed by atoms with Crippen molar-refractivity contribution in [1.82, 2.24) is 14.9 Å². The van der Waals surface area contributed by atoms with Gasteiger partial charge in [0.25, 0.3) is 5.91 Å². The molecule has 122 valence electrons. The van der Waals surface area contributed by atoms with Crippen molar-refractivity contribution < 1.29 is 9.21 Å². The molecular formula is C17H16N4O2S. The van der Waals surface area contributed by atoms with Crippen LogP contribution in [-0.4, -0.2) is 47.0 Å². The predicted molar refractivity (Wildman–Crippen MR) is 92.2 cm³/mol. The first-order valence-electron chi connectivity index (χ1n) is 7.75. The highest BCUT2D eigenvalue weighted by Crippen LogP contribution is 2.28. The molecule has 24 heavy (non-hydrogen) atoms. The van der Waals surface area contributed by atoms with Gasteiger partial charge >= 0.3 is 0 Å². The minimum atomic E-state index is -0.0761. The summed E-state index contributed by atoms with van der Waals surface area (Å²) in [5.41, 5.74) is 0.392. The van der Waals surface area contributed by atoms with Gasteiger partial charge in [0.1, 0.15) is 5.82 Å². The Morgan fingerprint density at radius 2 is 1.96 bits per heavy atom. The second-order valence-electron chi connectivity index (χ2n) is 5.47. The van der Waals surface area contributed by atoms with Crippen LogP contribution in [0.15, 0.2) is 52.7 Å². The van der Waals surface area contributed by atoms with Crippen molar-refractivity contribution in [1.29, 1.82) is 0 Å². The highest BCUT2D eigenvalue weighted by molar-refractivity contribution is 7.13. The Bertz CT molecular complexity index is 808. The molecular weight excluding hydrogens is 324 g/mol. The largest absolute Gasteiger partial charge is 0.442 e. The SMILES string of the molecule is O=C(c1ncoc1-c1cccs1)N1CCN(c2ccccn2)CC1. The molecule has 1 saturated heterocycles. The summed E-state index contributed by atoms with van der Waals surface area (Å²) >= 11 is 1.54. The van der Waals surface area contributed by atoms with E-state index < -0.39 is 0 Å². The number of hydrogen-bond donors (Lipinski definition) is 0. The summed E-state index contributed by atoms with van der Waals surface area (Å²) in [5, 5.41) is 1.96. The van der Waals surface area contributed by atoms with E-state index in [1.807, 2.05) is 40.6 Å². The Labute approximate surface area is 143 Å². The fourth-order valence-electron chi connectivity index (χ4n) is 2.81. The standard InChI is InChI=1S/C17H16N4O2S/c22-17(15-16(23-12-19-15)13-4-3-11-24-13)21-9-7-20(8-10-21)14-5-1-2-6-18-14/h1-6,11-12H,7-10H2. The maximum absolute atomic E-state index is 12.8. The van der Waals surface area contributed by atoms with Crippen molar-refractivity contribution in [2.45, 2.75) is 0 Å². The van der Waals surface area contributed by atoms with Crippen LogP contribution >= 0.6 is 11.3 Å². The van der Waals surface area contributed by atoms with E-state index in [1.165, 1.54) is 17.7 Å². The molecule has 4 rings (SSSR count). The first kappa shape index (κ1) is 14.9. The number of carbonyl (C=O) groups is 1. The van der Waals surface area contributed by atoms with Crippen LogP contribution in [0.1, 0.15) is 10.5 Å². The van der Waals surface area contributed by atoms with Crippen LogP contribution in [0.2, 0.25) is 0 Å². The van der Waals surface area contributed by atoms with E-state index in [0.29, 0.717) is 24.5 Å². The number of thiophene rings is 1. The van der Waals surface area contributed by atoms with E-state index in [0.717, 1.165) is 23.8 Å². The number of amides is 1. The summed E-state index contributed by atoms with van der Waals surface area (Å²) in [6.07, 6.45) is 3.13. The number of anilines is 1. The summed E-state index contributed by atoms with van der Waals surface area (Å²) in [6.45, 7) is 2.81. The number of rotatable bonds is 3. The van der Waals surface area contributed by atoms with Gasteiger partial charge in [-0.1, -0.05) is 12.1 Å². The summed E-state index contributed by atoms with van der Waals surface area (Å²) < 4.78 is 5.44. The molecule has 1 aliphatic heterocycles. The molecule has 0 atom stereocenters. The van der Waals surface area contributed by atoms with Gasteiger partial charge in [-0.2, -0.15) is 0 Å². The van der Waals surface area contributed by atoms with Crippen molar-refractivity contribution in [3.63, 3.8) is 0 Å². The minimum absolute atomic E-state index is 0.0761. The Morgan fingerprint density at radius 1 is 1.08 bits per heavy atom. The van der Waals surface area contributed by atoms with Crippen LogP contribution in [-0.2, 0) is 0 Å². The lowest BCUT2D eigenvalue weighted by Crippen LogP contribution is -2.49. The van der Waals surface area contributed by atoms with E-state index in [1.54, 1.807) is 6.20 Å². The van der Waals surface area contributed by atoms with Crippen molar-refractivity contribution >= 4 is 23.1 Å². The molecule has 3 aromatic heterocycles. The van der Waals surface area contributed by atoms with Crippen molar-refractivity contribution in [2.75, 3.05) is 31.1 Å². The minimum Gasteiger partial charge on any atom is -0.442 e. The average Bonchev–Trinajstić information content (AvgIpc) is 3.33. The lowest BCUT2D eigenvalue weighted by atomic mass is 10.2. The van der Waals surface area contributed by atoms with Gasteiger partial charge in [-0.15, -0.1) is 11.3 Å². The Kier molecular flexibility index (Phi) is 4.00. The second-order valence-corrected chi connectivity index (χ2v) is 6.42. The van der Waals surface area contributed by atoms with E-state index in [-0.39, 0.29) is 5.91 Å². The number of pyridine rings is 1. The molecule has 0 saturated carbocycles.